The highest BCUT2D eigenvalue weighted by Crippen LogP contribution is 1.94. The van der Waals surface area contributed by atoms with Gasteiger partial charge in [0.05, 0.1) is 6.34 Å². The van der Waals surface area contributed by atoms with Crippen molar-refractivity contribution < 1.29 is 9.90 Å². The van der Waals surface area contributed by atoms with Crippen LogP contribution in [-0.2, 0) is 4.79 Å². The smallest absolute Gasteiger partial charge is 0.320 e. The minimum Gasteiger partial charge on any atom is -0.480 e. The van der Waals surface area contributed by atoms with E-state index in [0.717, 1.165) is 0 Å². The van der Waals surface area contributed by atoms with Crippen molar-refractivity contribution in [1.82, 2.24) is 11.0 Å². The second-order valence-corrected chi connectivity index (χ2v) is 2.41. The molecule has 0 radical (unpaired) electrons. The van der Waals surface area contributed by atoms with Crippen LogP contribution >= 0.6 is 0 Å². The zero-order valence-corrected chi connectivity index (χ0v) is 7.23. The Balaban J connectivity index is 3.30. The Morgan fingerprint density at radius 2 is 2.38 bits per heavy atom. The van der Waals surface area contributed by atoms with Gasteiger partial charge in [0.2, 0.25) is 0 Å². The zero-order valence-electron chi connectivity index (χ0n) is 7.23. The van der Waals surface area contributed by atoms with Gasteiger partial charge in [-0.05, 0) is 12.8 Å². The van der Waals surface area contributed by atoms with Crippen molar-refractivity contribution in [3.8, 4) is 0 Å². The summed E-state index contributed by atoms with van der Waals surface area (Å²) in [5.41, 5.74) is 9.87. The summed E-state index contributed by atoms with van der Waals surface area (Å²) in [4.78, 5) is 14.1. The third-order valence-corrected chi connectivity index (χ3v) is 1.36. The van der Waals surface area contributed by atoms with Gasteiger partial charge in [-0.1, -0.05) is 0 Å². The number of carboxylic acid groups (broad SMARTS) is 1. The minimum absolute atomic E-state index is 0.419. The van der Waals surface area contributed by atoms with Crippen molar-refractivity contribution in [2.24, 2.45) is 16.6 Å². The standard InChI is InChI=1S/C6H15N5O2/c7-5(6(12)13)2-1-3-9-4-10-11-8/h4-5,11H,1-3,7-8H2,(H,9,10)(H,12,13)/t5-/m0/s1. The molecule has 0 amide bonds. The summed E-state index contributed by atoms with van der Waals surface area (Å²) < 4.78 is 0. The normalized spacial score (nSPS) is 13.1. The number of nitrogens with two attached hydrogens (primary N) is 2. The maximum Gasteiger partial charge on any atom is 0.320 e. The number of hydrogen-bond donors (Lipinski definition) is 5. The molecule has 0 aromatic carbocycles. The van der Waals surface area contributed by atoms with Crippen LogP contribution in [-0.4, -0.2) is 30.0 Å². The van der Waals surface area contributed by atoms with Gasteiger partial charge in [0, 0.05) is 6.54 Å². The molecule has 0 rings (SSSR count). The van der Waals surface area contributed by atoms with Gasteiger partial charge in [0.25, 0.3) is 0 Å². The Morgan fingerprint density at radius 1 is 1.69 bits per heavy atom. The Kier molecular flexibility index (Phi) is 6.79. The fraction of sp³-hybridized carbons (Fsp3) is 0.667. The molecular weight excluding hydrogens is 174 g/mol. The van der Waals surface area contributed by atoms with Crippen molar-refractivity contribution in [3.63, 3.8) is 0 Å². The fourth-order valence-corrected chi connectivity index (χ4v) is 0.673. The molecule has 0 fully saturated rings. The summed E-state index contributed by atoms with van der Waals surface area (Å²) in [5.74, 6) is 3.90. The van der Waals surface area contributed by atoms with E-state index in [1.807, 2.05) is 0 Å². The average Bonchev–Trinajstić information content (AvgIpc) is 2.10. The van der Waals surface area contributed by atoms with Gasteiger partial charge in [0.15, 0.2) is 0 Å². The molecule has 0 aromatic rings. The molecule has 0 unspecified atom stereocenters. The largest absolute Gasteiger partial charge is 0.480 e. The molecule has 0 aliphatic heterocycles. The minimum atomic E-state index is -0.981. The molecule has 7 nitrogen and oxygen atoms in total. The summed E-state index contributed by atoms with van der Waals surface area (Å²) in [7, 11) is 0. The first-order chi connectivity index (χ1) is 6.18. The van der Waals surface area contributed by atoms with Crippen LogP contribution < -0.4 is 22.5 Å². The van der Waals surface area contributed by atoms with Crippen LogP contribution in [0.1, 0.15) is 12.8 Å². The molecule has 0 aliphatic carbocycles. The zero-order chi connectivity index (χ0) is 10.1. The Hall–Kier alpha value is -1.18. The average molecular weight is 189 g/mol. The molecule has 0 aromatic heterocycles. The maximum atomic E-state index is 10.3. The van der Waals surface area contributed by atoms with E-state index < -0.39 is 12.0 Å². The number of rotatable bonds is 7. The highest BCUT2D eigenvalue weighted by Gasteiger charge is 2.09. The van der Waals surface area contributed by atoms with Crippen LogP contribution in [0.4, 0.5) is 0 Å². The van der Waals surface area contributed by atoms with E-state index >= 15 is 0 Å². The number of hydrogen-bond acceptors (Lipinski definition) is 5. The number of nitrogens with one attached hydrogen (secondary N) is 2. The lowest BCUT2D eigenvalue weighted by Gasteiger charge is -2.03. The van der Waals surface area contributed by atoms with Gasteiger partial charge in [-0.15, -0.1) is 0 Å². The number of aliphatic imine (C=N–C) groups is 1. The molecule has 1 atom stereocenters. The molecule has 13 heavy (non-hydrogen) atoms. The molecule has 0 saturated carbocycles. The second kappa shape index (κ2) is 7.47. The third-order valence-electron chi connectivity index (χ3n) is 1.36. The maximum absolute atomic E-state index is 10.3. The molecule has 7 heteroatoms. The summed E-state index contributed by atoms with van der Waals surface area (Å²) >= 11 is 0. The van der Waals surface area contributed by atoms with Crippen molar-refractivity contribution in [2.45, 2.75) is 18.9 Å². The Labute approximate surface area is 76.1 Å². The van der Waals surface area contributed by atoms with Gasteiger partial charge in [0.1, 0.15) is 6.04 Å². The molecular formula is C6H15N5O2. The first kappa shape index (κ1) is 11.8. The predicted molar refractivity (Wildman–Crippen MR) is 48.7 cm³/mol. The van der Waals surface area contributed by atoms with Crippen LogP contribution in [0.3, 0.4) is 0 Å². The molecule has 7 N–H and O–H groups in total. The molecule has 0 spiro atoms. The number of hydrazine groups is 2. The highest BCUT2D eigenvalue weighted by molar-refractivity contribution is 5.72. The van der Waals surface area contributed by atoms with E-state index in [1.54, 1.807) is 0 Å². The lowest BCUT2D eigenvalue weighted by Crippen LogP contribution is -2.36. The van der Waals surface area contributed by atoms with Gasteiger partial charge in [-0.2, -0.15) is 5.53 Å². The van der Waals surface area contributed by atoms with E-state index in [2.05, 4.69) is 16.0 Å². The van der Waals surface area contributed by atoms with Crippen molar-refractivity contribution in [2.75, 3.05) is 6.54 Å². The Morgan fingerprint density at radius 3 is 2.92 bits per heavy atom. The van der Waals surface area contributed by atoms with E-state index in [0.29, 0.717) is 19.4 Å². The van der Waals surface area contributed by atoms with Gasteiger partial charge >= 0.3 is 5.97 Å². The quantitative estimate of drug-likeness (QED) is 0.105. The summed E-state index contributed by atoms with van der Waals surface area (Å²) in [5, 5.41) is 8.42. The first-order valence-electron chi connectivity index (χ1n) is 3.86. The van der Waals surface area contributed by atoms with E-state index in [4.69, 9.17) is 16.7 Å². The van der Waals surface area contributed by atoms with Crippen LogP contribution in [0.15, 0.2) is 4.99 Å². The van der Waals surface area contributed by atoms with Crippen LogP contribution in [0.5, 0.6) is 0 Å². The number of carbonyl (C=O) groups is 1. The first-order valence-corrected chi connectivity index (χ1v) is 3.86. The topological polar surface area (TPSA) is 126 Å². The van der Waals surface area contributed by atoms with Gasteiger partial charge in [-0.25, -0.2) is 0 Å². The third kappa shape index (κ3) is 7.19. The number of aliphatic carboxylic acids is 1. The molecule has 0 saturated heterocycles. The Bertz CT molecular complexity index is 172. The molecule has 0 bridgehead atoms. The van der Waals surface area contributed by atoms with Crippen LogP contribution in [0, 0.1) is 0 Å². The van der Waals surface area contributed by atoms with E-state index in [9.17, 15) is 4.79 Å². The lowest BCUT2D eigenvalue weighted by atomic mass is 10.2. The highest BCUT2D eigenvalue weighted by atomic mass is 16.4. The van der Waals surface area contributed by atoms with Crippen molar-refractivity contribution in [3.05, 3.63) is 0 Å². The summed E-state index contributed by atoms with van der Waals surface area (Å²) in [6.07, 6.45) is 2.45. The van der Waals surface area contributed by atoms with E-state index in [-0.39, 0.29) is 0 Å². The van der Waals surface area contributed by atoms with Gasteiger partial charge < -0.3 is 10.8 Å². The summed E-state index contributed by atoms with van der Waals surface area (Å²) in [6.45, 7) is 0.523. The SMILES string of the molecule is NNNC=NCCC[C@H](N)C(=O)O. The van der Waals surface area contributed by atoms with Gasteiger partial charge in [-0.3, -0.25) is 21.1 Å². The predicted octanol–water partition coefficient (Wildman–Crippen LogP) is -1.83. The molecule has 76 valence electrons. The number of nitrogens with zero attached hydrogens (tertiary/aromatic N) is 1. The number of carboxylic acids is 1. The fourth-order valence-electron chi connectivity index (χ4n) is 0.673. The second-order valence-electron chi connectivity index (χ2n) is 2.41. The van der Waals surface area contributed by atoms with Crippen LogP contribution in [0.25, 0.3) is 0 Å². The molecule has 0 aliphatic rings. The van der Waals surface area contributed by atoms with E-state index in [1.165, 1.54) is 6.34 Å². The van der Waals surface area contributed by atoms with Crippen LogP contribution in [0.2, 0.25) is 0 Å². The van der Waals surface area contributed by atoms with Crippen molar-refractivity contribution >= 4 is 12.3 Å². The summed E-state index contributed by atoms with van der Waals surface area (Å²) in [6, 6.07) is -0.796. The molecule has 0 heterocycles. The lowest BCUT2D eigenvalue weighted by molar-refractivity contribution is -0.138. The monoisotopic (exact) mass is 189 g/mol. The van der Waals surface area contributed by atoms with Crippen molar-refractivity contribution in [1.29, 1.82) is 0 Å².